The summed E-state index contributed by atoms with van der Waals surface area (Å²) in [7, 11) is 4.73. The summed E-state index contributed by atoms with van der Waals surface area (Å²) in [6.07, 6.45) is 0. The summed E-state index contributed by atoms with van der Waals surface area (Å²) >= 11 is 0. The third-order valence-corrected chi connectivity index (χ3v) is 5.55. The lowest BCUT2D eigenvalue weighted by Crippen LogP contribution is -2.45. The molecule has 1 N–H and O–H groups in total. The van der Waals surface area contributed by atoms with E-state index in [-0.39, 0.29) is 18.6 Å². The predicted octanol–water partition coefficient (Wildman–Crippen LogP) is 3.31. The summed E-state index contributed by atoms with van der Waals surface area (Å²) in [5, 5.41) is 10.9. The lowest BCUT2D eigenvalue weighted by Gasteiger charge is -2.42. The molecule has 0 saturated heterocycles. The zero-order chi connectivity index (χ0) is 20.1. The third-order valence-electron chi connectivity index (χ3n) is 5.55. The minimum Gasteiger partial charge on any atom is -0.493 e. The van der Waals surface area contributed by atoms with Crippen LogP contribution in [0.3, 0.4) is 0 Å². The van der Waals surface area contributed by atoms with Gasteiger partial charge in [-0.1, -0.05) is 6.92 Å². The Bertz CT molecular complexity index is 881. The lowest BCUT2D eigenvalue weighted by molar-refractivity contribution is -0.171. The van der Waals surface area contributed by atoms with Crippen molar-refractivity contribution in [1.29, 1.82) is 0 Å². The summed E-state index contributed by atoms with van der Waals surface area (Å²) in [4.78, 5) is 0. The molecule has 0 amide bonds. The van der Waals surface area contributed by atoms with Gasteiger partial charge in [0.15, 0.2) is 23.0 Å². The predicted molar refractivity (Wildman–Crippen MR) is 101 cm³/mol. The molecule has 2 aliphatic heterocycles. The first kappa shape index (κ1) is 18.6. The Morgan fingerprint density at radius 1 is 0.929 bits per heavy atom. The van der Waals surface area contributed by atoms with Crippen LogP contribution in [0, 0.1) is 5.92 Å². The van der Waals surface area contributed by atoms with Gasteiger partial charge in [0.1, 0.15) is 5.75 Å². The van der Waals surface area contributed by atoms with Crippen molar-refractivity contribution in [3.63, 3.8) is 0 Å². The standard InChI is InChI=1S/C21H24O7/c1-11-19(12-6-17(23-3)20(25-5)18(7-12)24-4)13-8-15-16(27-10-26-15)9-14(13)28-21(11,2)22/h6-9,11,19,22H,10H2,1-5H3/t11-,19+,21-/m1/s1. The first-order chi connectivity index (χ1) is 13.4. The first-order valence-corrected chi connectivity index (χ1v) is 9.04. The van der Waals surface area contributed by atoms with Crippen molar-refractivity contribution in [2.24, 2.45) is 5.92 Å². The average molecular weight is 388 g/mol. The molecule has 2 aromatic rings. The molecule has 2 aromatic carbocycles. The van der Waals surface area contributed by atoms with E-state index in [4.69, 9.17) is 28.4 Å². The highest BCUT2D eigenvalue weighted by Crippen LogP contribution is 2.53. The molecule has 0 bridgehead atoms. The summed E-state index contributed by atoms with van der Waals surface area (Å²) in [5.41, 5.74) is 1.81. The fourth-order valence-corrected chi connectivity index (χ4v) is 3.91. The van der Waals surface area contributed by atoms with Crippen molar-refractivity contribution in [3.8, 4) is 34.5 Å². The Balaban J connectivity index is 1.92. The molecule has 7 nitrogen and oxygen atoms in total. The van der Waals surface area contributed by atoms with E-state index in [0.29, 0.717) is 34.5 Å². The van der Waals surface area contributed by atoms with Gasteiger partial charge in [0.2, 0.25) is 18.3 Å². The van der Waals surface area contributed by atoms with Crippen LogP contribution in [0.25, 0.3) is 0 Å². The van der Waals surface area contributed by atoms with Crippen LogP contribution in [0.1, 0.15) is 30.9 Å². The molecule has 7 heteroatoms. The van der Waals surface area contributed by atoms with Crippen molar-refractivity contribution in [2.75, 3.05) is 28.1 Å². The largest absolute Gasteiger partial charge is 0.493 e. The number of methoxy groups -OCH3 is 3. The SMILES string of the molecule is COc1cc([C@H]2c3cc4c(cc3O[C@@](C)(O)[C@@H]2C)OCO4)cc(OC)c1OC. The van der Waals surface area contributed by atoms with Gasteiger partial charge in [0, 0.05) is 30.4 Å². The molecular formula is C21H24O7. The van der Waals surface area contributed by atoms with Gasteiger partial charge < -0.3 is 33.5 Å². The molecule has 0 saturated carbocycles. The molecule has 0 aliphatic carbocycles. The minimum absolute atomic E-state index is 0.166. The molecule has 2 heterocycles. The molecule has 0 aromatic heterocycles. The maximum atomic E-state index is 10.9. The van der Waals surface area contributed by atoms with Gasteiger partial charge in [0.05, 0.1) is 21.3 Å². The number of benzene rings is 2. The van der Waals surface area contributed by atoms with Gasteiger partial charge in [-0.05, 0) is 23.8 Å². The second kappa shape index (κ2) is 6.67. The van der Waals surface area contributed by atoms with Crippen molar-refractivity contribution in [3.05, 3.63) is 35.4 Å². The van der Waals surface area contributed by atoms with Gasteiger partial charge >= 0.3 is 0 Å². The molecule has 0 spiro atoms. The molecule has 3 atom stereocenters. The molecule has 28 heavy (non-hydrogen) atoms. The third kappa shape index (κ3) is 2.77. The van der Waals surface area contributed by atoms with E-state index in [0.717, 1.165) is 11.1 Å². The van der Waals surface area contributed by atoms with Crippen molar-refractivity contribution in [2.45, 2.75) is 25.6 Å². The molecule has 0 unspecified atom stereocenters. The summed E-state index contributed by atoms with van der Waals surface area (Å²) in [6, 6.07) is 7.48. The molecular weight excluding hydrogens is 364 g/mol. The van der Waals surface area contributed by atoms with Crippen molar-refractivity contribution >= 4 is 0 Å². The van der Waals surface area contributed by atoms with Crippen LogP contribution in [0.15, 0.2) is 24.3 Å². The quantitative estimate of drug-likeness (QED) is 0.861. The van der Waals surface area contributed by atoms with Gasteiger partial charge in [-0.3, -0.25) is 0 Å². The van der Waals surface area contributed by atoms with Gasteiger partial charge in [0.25, 0.3) is 0 Å². The Kier molecular flexibility index (Phi) is 4.42. The molecule has 150 valence electrons. The van der Waals surface area contributed by atoms with Crippen LogP contribution >= 0.6 is 0 Å². The summed E-state index contributed by atoms with van der Waals surface area (Å²) < 4.78 is 33.4. The van der Waals surface area contributed by atoms with Crippen LogP contribution in [0.2, 0.25) is 0 Å². The van der Waals surface area contributed by atoms with E-state index >= 15 is 0 Å². The normalized spacial score (nSPS) is 24.9. The van der Waals surface area contributed by atoms with E-state index in [1.807, 2.05) is 25.1 Å². The van der Waals surface area contributed by atoms with Gasteiger partial charge in [-0.25, -0.2) is 0 Å². The zero-order valence-corrected chi connectivity index (χ0v) is 16.6. The molecule has 0 radical (unpaired) electrons. The highest BCUT2D eigenvalue weighted by atomic mass is 16.7. The smallest absolute Gasteiger partial charge is 0.231 e. The van der Waals surface area contributed by atoms with Crippen LogP contribution in [-0.2, 0) is 0 Å². The fraction of sp³-hybridized carbons (Fsp3) is 0.429. The Hall–Kier alpha value is -2.80. The molecule has 4 rings (SSSR count). The minimum atomic E-state index is -1.37. The van der Waals surface area contributed by atoms with E-state index in [2.05, 4.69) is 0 Å². The number of ether oxygens (including phenoxy) is 6. The van der Waals surface area contributed by atoms with Crippen LogP contribution < -0.4 is 28.4 Å². The number of hydrogen-bond acceptors (Lipinski definition) is 7. The van der Waals surface area contributed by atoms with Crippen LogP contribution in [-0.4, -0.2) is 39.0 Å². The average Bonchev–Trinajstić information content (AvgIpc) is 3.13. The van der Waals surface area contributed by atoms with Crippen molar-refractivity contribution in [1.82, 2.24) is 0 Å². The van der Waals surface area contributed by atoms with E-state index < -0.39 is 5.79 Å². The van der Waals surface area contributed by atoms with Gasteiger partial charge in [-0.2, -0.15) is 0 Å². The number of fused-ring (bicyclic) bond motifs is 2. The Morgan fingerprint density at radius 2 is 1.54 bits per heavy atom. The zero-order valence-electron chi connectivity index (χ0n) is 16.6. The Morgan fingerprint density at radius 3 is 2.11 bits per heavy atom. The maximum absolute atomic E-state index is 10.9. The van der Waals surface area contributed by atoms with Gasteiger partial charge in [-0.15, -0.1) is 0 Å². The topological polar surface area (TPSA) is 75.6 Å². The van der Waals surface area contributed by atoms with Crippen LogP contribution in [0.4, 0.5) is 0 Å². The number of hydrogen-bond donors (Lipinski definition) is 1. The highest BCUT2D eigenvalue weighted by molar-refractivity contribution is 5.60. The second-order valence-corrected chi connectivity index (χ2v) is 7.13. The lowest BCUT2D eigenvalue weighted by atomic mass is 9.75. The van der Waals surface area contributed by atoms with E-state index in [1.165, 1.54) is 0 Å². The van der Waals surface area contributed by atoms with E-state index in [1.54, 1.807) is 34.3 Å². The fourth-order valence-electron chi connectivity index (χ4n) is 3.91. The monoisotopic (exact) mass is 388 g/mol. The number of rotatable bonds is 4. The second-order valence-electron chi connectivity index (χ2n) is 7.13. The summed E-state index contributed by atoms with van der Waals surface area (Å²) in [5.74, 6) is 1.63. The Labute approximate surface area is 163 Å². The summed E-state index contributed by atoms with van der Waals surface area (Å²) in [6.45, 7) is 3.77. The highest BCUT2D eigenvalue weighted by Gasteiger charge is 2.45. The van der Waals surface area contributed by atoms with Crippen molar-refractivity contribution < 1.29 is 33.5 Å². The van der Waals surface area contributed by atoms with Crippen LogP contribution in [0.5, 0.6) is 34.5 Å². The molecule has 2 aliphatic rings. The maximum Gasteiger partial charge on any atom is 0.231 e. The van der Waals surface area contributed by atoms with E-state index in [9.17, 15) is 5.11 Å². The number of aliphatic hydroxyl groups is 1. The first-order valence-electron chi connectivity index (χ1n) is 9.04. The molecule has 0 fully saturated rings.